The molecule has 1 rings (SSSR count). The highest BCUT2D eigenvalue weighted by Gasteiger charge is 2.22. The summed E-state index contributed by atoms with van der Waals surface area (Å²) in [6, 6.07) is 6.00. The lowest BCUT2D eigenvalue weighted by molar-refractivity contribution is -0.144. The highest BCUT2D eigenvalue weighted by Crippen LogP contribution is 2.17. The molecule has 0 radical (unpaired) electrons. The van der Waals surface area contributed by atoms with Crippen LogP contribution in [0.4, 0.5) is 0 Å². The Hall–Kier alpha value is -2.08. The van der Waals surface area contributed by atoms with Gasteiger partial charge in [-0.25, -0.2) is 0 Å². The number of carbonyl (C=O) groups excluding carboxylic acids is 1. The molecule has 6 heteroatoms. The molecule has 0 aliphatic heterocycles. The number of likely N-dealkylation sites (N-methyl/N-ethyl adjacent to an activating group) is 1. The smallest absolute Gasteiger partial charge is 0.325 e. The van der Waals surface area contributed by atoms with E-state index in [0.717, 1.165) is 0 Å². The van der Waals surface area contributed by atoms with Gasteiger partial charge in [-0.3, -0.25) is 14.5 Å². The first-order valence-corrected chi connectivity index (χ1v) is 6.84. The number of hydrogen-bond acceptors (Lipinski definition) is 5. The van der Waals surface area contributed by atoms with Gasteiger partial charge in [0.05, 0.1) is 13.2 Å². The van der Waals surface area contributed by atoms with E-state index < -0.39 is 18.0 Å². The van der Waals surface area contributed by atoms with Crippen molar-refractivity contribution in [3.8, 4) is 11.5 Å². The Bertz CT molecular complexity index is 471. The van der Waals surface area contributed by atoms with Gasteiger partial charge in [0.2, 0.25) is 0 Å². The van der Waals surface area contributed by atoms with Crippen molar-refractivity contribution in [3.05, 3.63) is 24.3 Å². The van der Waals surface area contributed by atoms with E-state index in [-0.39, 0.29) is 6.54 Å². The van der Waals surface area contributed by atoms with Gasteiger partial charge in [0.25, 0.3) is 0 Å². The van der Waals surface area contributed by atoms with Crippen LogP contribution in [-0.4, -0.2) is 48.2 Å². The minimum atomic E-state index is -0.950. The minimum absolute atomic E-state index is 0.0853. The maximum Gasteiger partial charge on any atom is 0.325 e. The fourth-order valence-corrected chi connectivity index (χ4v) is 1.92. The topological polar surface area (TPSA) is 76.1 Å². The molecule has 0 bridgehead atoms. The monoisotopic (exact) mass is 295 g/mol. The second kappa shape index (κ2) is 8.26. The molecule has 1 unspecified atom stereocenters. The zero-order valence-corrected chi connectivity index (χ0v) is 12.5. The molecule has 0 amide bonds. The molecule has 0 fully saturated rings. The summed E-state index contributed by atoms with van der Waals surface area (Å²) in [6.07, 6.45) is 0.419. The van der Waals surface area contributed by atoms with Gasteiger partial charge in [0.15, 0.2) is 0 Å². The van der Waals surface area contributed by atoms with Crippen LogP contribution in [0.2, 0.25) is 0 Å². The van der Waals surface area contributed by atoms with E-state index in [2.05, 4.69) is 0 Å². The first-order chi connectivity index (χ1) is 9.97. The van der Waals surface area contributed by atoms with Gasteiger partial charge >= 0.3 is 11.9 Å². The normalized spacial score (nSPS) is 12.0. The van der Waals surface area contributed by atoms with Crippen LogP contribution in [0.3, 0.4) is 0 Å². The summed E-state index contributed by atoms with van der Waals surface area (Å²) < 4.78 is 10.5. The van der Waals surface area contributed by atoms with Crippen LogP contribution < -0.4 is 9.47 Å². The summed E-state index contributed by atoms with van der Waals surface area (Å²) in [5.74, 6) is -0.346. The van der Waals surface area contributed by atoms with Crippen LogP contribution in [-0.2, 0) is 9.59 Å². The lowest BCUT2D eigenvalue weighted by Crippen LogP contribution is -2.41. The molecule has 1 aromatic rings. The van der Waals surface area contributed by atoms with Crippen molar-refractivity contribution in [2.75, 3.05) is 20.2 Å². The van der Waals surface area contributed by atoms with Gasteiger partial charge < -0.3 is 14.6 Å². The minimum Gasteiger partial charge on any atom is -0.494 e. The number of nitrogens with zero attached hydrogens (tertiary/aromatic N) is 1. The van der Waals surface area contributed by atoms with Crippen LogP contribution in [0.25, 0.3) is 0 Å². The lowest BCUT2D eigenvalue weighted by atomic mass is 10.2. The number of rotatable bonds is 8. The molecule has 1 atom stereocenters. The zero-order valence-electron chi connectivity index (χ0n) is 12.5. The lowest BCUT2D eigenvalue weighted by Gasteiger charge is -2.22. The predicted octanol–water partition coefficient (Wildman–Crippen LogP) is 1.79. The number of carbonyl (C=O) groups is 2. The quantitative estimate of drug-likeness (QED) is 0.582. The third-order valence-electron chi connectivity index (χ3n) is 2.95. The van der Waals surface area contributed by atoms with Gasteiger partial charge in [-0.2, -0.15) is 0 Å². The fraction of sp³-hybridized carbons (Fsp3) is 0.467. The first kappa shape index (κ1) is 17.0. The molecular weight excluding hydrogens is 274 g/mol. The predicted molar refractivity (Wildman–Crippen MR) is 77.6 cm³/mol. The van der Waals surface area contributed by atoms with Crippen molar-refractivity contribution >= 4 is 11.9 Å². The number of carboxylic acids is 1. The van der Waals surface area contributed by atoms with Crippen LogP contribution in [0.1, 0.15) is 20.3 Å². The van der Waals surface area contributed by atoms with E-state index in [9.17, 15) is 9.59 Å². The number of hydrogen-bond donors (Lipinski definition) is 1. The van der Waals surface area contributed by atoms with Gasteiger partial charge in [0.1, 0.15) is 17.5 Å². The SMILES string of the molecule is CCOc1ccc(OC(=O)CN(C)C(CC)C(=O)O)cc1. The van der Waals surface area contributed by atoms with Gasteiger partial charge in [-0.15, -0.1) is 0 Å². The van der Waals surface area contributed by atoms with Crippen molar-refractivity contribution in [1.82, 2.24) is 4.90 Å². The molecule has 0 aliphatic carbocycles. The number of benzene rings is 1. The van der Waals surface area contributed by atoms with E-state index in [1.807, 2.05) is 6.92 Å². The fourth-order valence-electron chi connectivity index (χ4n) is 1.92. The Morgan fingerprint density at radius 2 is 1.76 bits per heavy atom. The Kier molecular flexibility index (Phi) is 6.68. The van der Waals surface area contributed by atoms with E-state index in [1.165, 1.54) is 4.90 Å². The van der Waals surface area contributed by atoms with Crippen molar-refractivity contribution in [2.45, 2.75) is 26.3 Å². The van der Waals surface area contributed by atoms with E-state index in [4.69, 9.17) is 14.6 Å². The van der Waals surface area contributed by atoms with Gasteiger partial charge in [-0.1, -0.05) is 6.92 Å². The summed E-state index contributed by atoms with van der Waals surface area (Å²) in [5, 5.41) is 9.02. The number of aliphatic carboxylic acids is 1. The molecule has 0 saturated heterocycles. The Labute approximate surface area is 124 Å². The molecule has 6 nitrogen and oxygen atoms in total. The molecule has 0 saturated carbocycles. The summed E-state index contributed by atoms with van der Waals surface area (Å²) in [5.41, 5.74) is 0. The maximum atomic E-state index is 11.8. The largest absolute Gasteiger partial charge is 0.494 e. The van der Waals surface area contributed by atoms with Gasteiger partial charge in [0, 0.05) is 0 Å². The van der Waals surface area contributed by atoms with Crippen molar-refractivity contribution in [1.29, 1.82) is 0 Å². The Morgan fingerprint density at radius 3 is 2.24 bits per heavy atom. The summed E-state index contributed by atoms with van der Waals surface area (Å²) in [6.45, 7) is 4.12. The Balaban J connectivity index is 2.54. The summed E-state index contributed by atoms with van der Waals surface area (Å²) in [4.78, 5) is 24.2. The highest BCUT2D eigenvalue weighted by atomic mass is 16.5. The second-order valence-corrected chi connectivity index (χ2v) is 4.56. The second-order valence-electron chi connectivity index (χ2n) is 4.56. The van der Waals surface area contributed by atoms with Crippen molar-refractivity contribution < 1.29 is 24.2 Å². The average molecular weight is 295 g/mol. The summed E-state index contributed by atoms with van der Waals surface area (Å²) >= 11 is 0. The number of ether oxygens (including phenoxy) is 2. The first-order valence-electron chi connectivity index (χ1n) is 6.84. The third kappa shape index (κ3) is 5.43. The average Bonchev–Trinajstić information content (AvgIpc) is 2.41. The molecule has 21 heavy (non-hydrogen) atoms. The van der Waals surface area contributed by atoms with Crippen LogP contribution in [0.15, 0.2) is 24.3 Å². The third-order valence-corrected chi connectivity index (χ3v) is 2.95. The van der Waals surface area contributed by atoms with Gasteiger partial charge in [-0.05, 0) is 44.7 Å². The molecule has 0 heterocycles. The van der Waals surface area contributed by atoms with E-state index in [0.29, 0.717) is 24.5 Å². The molecule has 0 aromatic heterocycles. The van der Waals surface area contributed by atoms with Crippen LogP contribution in [0.5, 0.6) is 11.5 Å². The maximum absolute atomic E-state index is 11.8. The standard InChI is InChI=1S/C15H21NO5/c1-4-13(15(18)19)16(3)10-14(17)21-12-8-6-11(7-9-12)20-5-2/h6-9,13H,4-5,10H2,1-3H3,(H,18,19). The molecule has 1 aromatic carbocycles. The molecule has 0 spiro atoms. The van der Waals surface area contributed by atoms with Crippen molar-refractivity contribution in [2.24, 2.45) is 0 Å². The number of esters is 1. The Morgan fingerprint density at radius 1 is 1.19 bits per heavy atom. The number of carboxylic acid groups (broad SMARTS) is 1. The zero-order chi connectivity index (χ0) is 15.8. The highest BCUT2D eigenvalue weighted by molar-refractivity contribution is 5.77. The van der Waals surface area contributed by atoms with Crippen LogP contribution in [0, 0.1) is 0 Å². The molecule has 0 aliphatic rings. The molecule has 116 valence electrons. The van der Waals surface area contributed by atoms with E-state index >= 15 is 0 Å². The molecular formula is C15H21NO5. The van der Waals surface area contributed by atoms with Crippen molar-refractivity contribution in [3.63, 3.8) is 0 Å². The molecule has 1 N–H and O–H groups in total. The summed E-state index contributed by atoms with van der Waals surface area (Å²) in [7, 11) is 1.59. The van der Waals surface area contributed by atoms with Crippen LogP contribution >= 0.6 is 0 Å². The van der Waals surface area contributed by atoms with E-state index in [1.54, 1.807) is 38.2 Å².